The van der Waals surface area contributed by atoms with Crippen molar-refractivity contribution in [3.05, 3.63) is 16.8 Å². The number of rotatable bonds is 14. The number of hydrogen-bond acceptors (Lipinski definition) is 4. The van der Waals surface area contributed by atoms with Gasteiger partial charge in [-0.1, -0.05) is 64.7 Å². The Morgan fingerprint density at radius 1 is 1.00 bits per heavy atom. The van der Waals surface area contributed by atoms with Gasteiger partial charge in [-0.15, -0.1) is 15.9 Å². The van der Waals surface area contributed by atoms with E-state index in [2.05, 4.69) is 6.92 Å². The fourth-order valence-electron chi connectivity index (χ4n) is 2.14. The van der Waals surface area contributed by atoms with Crippen LogP contribution in [0.1, 0.15) is 71.1 Å². The van der Waals surface area contributed by atoms with Crippen molar-refractivity contribution in [3.63, 3.8) is 0 Å². The molecule has 0 aliphatic rings. The lowest BCUT2D eigenvalue weighted by Gasteiger charge is -2.00. The minimum atomic E-state index is -2.01. The monoisotopic (exact) mass is 331 g/mol. The highest BCUT2D eigenvalue weighted by Gasteiger charge is 2.21. The van der Waals surface area contributed by atoms with E-state index in [1.165, 1.54) is 62.7 Å². The van der Waals surface area contributed by atoms with Gasteiger partial charge in [0.1, 0.15) is 6.61 Å². The highest BCUT2D eigenvalue weighted by Crippen LogP contribution is 2.29. The number of thiophene rings is 1. The molecular formula is C16H28O3PS+. The van der Waals surface area contributed by atoms with E-state index < -0.39 is 8.25 Å². The molecule has 0 bridgehead atoms. The van der Waals surface area contributed by atoms with Crippen LogP contribution in [0.2, 0.25) is 0 Å². The predicted molar refractivity (Wildman–Crippen MR) is 90.3 cm³/mol. The van der Waals surface area contributed by atoms with Crippen molar-refractivity contribution in [2.75, 3.05) is 6.61 Å². The van der Waals surface area contributed by atoms with Crippen LogP contribution in [0.4, 0.5) is 0 Å². The van der Waals surface area contributed by atoms with Crippen LogP contribution in [0.3, 0.4) is 0 Å². The normalized spacial score (nSPS) is 11.6. The summed E-state index contributed by atoms with van der Waals surface area (Å²) in [6.07, 6.45) is 12.9. The topological polar surface area (TPSA) is 35.5 Å². The van der Waals surface area contributed by atoms with Gasteiger partial charge in [0, 0.05) is 9.95 Å². The summed E-state index contributed by atoms with van der Waals surface area (Å²) in [5.41, 5.74) is 0. The summed E-state index contributed by atoms with van der Waals surface area (Å²) in [6, 6.07) is 1.79. The maximum atomic E-state index is 11.5. The first-order valence-electron chi connectivity index (χ1n) is 8.13. The van der Waals surface area contributed by atoms with Crippen LogP contribution in [0, 0.1) is 0 Å². The van der Waals surface area contributed by atoms with E-state index in [9.17, 15) is 4.57 Å². The van der Waals surface area contributed by atoms with Crippen molar-refractivity contribution < 1.29 is 13.6 Å². The Bertz CT molecular complexity index is 354. The van der Waals surface area contributed by atoms with E-state index in [0.29, 0.717) is 12.4 Å². The van der Waals surface area contributed by atoms with Gasteiger partial charge in [0.05, 0.1) is 0 Å². The van der Waals surface area contributed by atoms with E-state index in [4.69, 9.17) is 9.05 Å². The molecule has 1 heterocycles. The maximum Gasteiger partial charge on any atom is 0.750 e. The quantitative estimate of drug-likeness (QED) is 0.280. The molecule has 0 saturated carbocycles. The van der Waals surface area contributed by atoms with Crippen molar-refractivity contribution in [2.24, 2.45) is 0 Å². The summed E-state index contributed by atoms with van der Waals surface area (Å²) in [5, 5.41) is 3.71. The van der Waals surface area contributed by atoms with E-state index in [-0.39, 0.29) is 0 Å². The molecule has 0 amide bonds. The Balaban J connectivity index is 1.81. The molecule has 0 aliphatic heterocycles. The zero-order valence-electron chi connectivity index (χ0n) is 13.1. The van der Waals surface area contributed by atoms with Crippen LogP contribution in [0.15, 0.2) is 16.8 Å². The van der Waals surface area contributed by atoms with Crippen molar-refractivity contribution in [1.29, 1.82) is 0 Å². The van der Waals surface area contributed by atoms with Crippen LogP contribution in [0.25, 0.3) is 0 Å². The molecule has 1 atom stereocenters. The molecule has 3 nitrogen and oxygen atoms in total. The standard InChI is InChI=1S/C16H28O3PS/c1-2-3-4-5-6-7-8-9-10-11-13-18-20(17)19-16-12-14-21-15-16/h12,14-15H,2-11,13H2,1H3/q+1. The lowest BCUT2D eigenvalue weighted by atomic mass is 10.1. The second kappa shape index (κ2) is 13.2. The van der Waals surface area contributed by atoms with Crippen LogP contribution < -0.4 is 4.52 Å². The summed E-state index contributed by atoms with van der Waals surface area (Å²) in [5.74, 6) is 0.629. The minimum absolute atomic E-state index is 0.524. The van der Waals surface area contributed by atoms with Gasteiger partial charge in [0.15, 0.2) is 0 Å². The number of unbranched alkanes of at least 4 members (excludes halogenated alkanes) is 9. The van der Waals surface area contributed by atoms with Gasteiger partial charge in [-0.05, 0) is 17.9 Å². The molecule has 0 radical (unpaired) electrons. The highest BCUT2D eigenvalue weighted by atomic mass is 32.1. The molecule has 0 saturated heterocycles. The zero-order valence-corrected chi connectivity index (χ0v) is 14.8. The summed E-state index contributed by atoms with van der Waals surface area (Å²) in [4.78, 5) is 0. The van der Waals surface area contributed by atoms with Gasteiger partial charge in [-0.25, -0.2) is 4.52 Å². The molecule has 0 spiro atoms. The molecule has 0 N–H and O–H groups in total. The van der Waals surface area contributed by atoms with E-state index in [1.54, 1.807) is 6.07 Å². The zero-order chi connectivity index (χ0) is 15.2. The first kappa shape index (κ1) is 18.6. The fraction of sp³-hybridized carbons (Fsp3) is 0.750. The maximum absolute atomic E-state index is 11.5. The summed E-state index contributed by atoms with van der Waals surface area (Å²) in [6.45, 7) is 2.77. The first-order chi connectivity index (χ1) is 10.3. The van der Waals surface area contributed by atoms with Gasteiger partial charge in [-0.3, -0.25) is 0 Å². The van der Waals surface area contributed by atoms with Crippen LogP contribution in [0.5, 0.6) is 5.75 Å². The molecule has 21 heavy (non-hydrogen) atoms. The molecule has 5 heteroatoms. The Labute approximate surface area is 134 Å². The Morgan fingerprint density at radius 3 is 2.19 bits per heavy atom. The predicted octanol–water partition coefficient (Wildman–Crippen LogP) is 6.72. The lowest BCUT2D eigenvalue weighted by molar-refractivity contribution is 0.277. The highest BCUT2D eigenvalue weighted by molar-refractivity contribution is 7.33. The van der Waals surface area contributed by atoms with Gasteiger partial charge in [-0.2, -0.15) is 0 Å². The molecule has 0 aliphatic carbocycles. The van der Waals surface area contributed by atoms with Crippen LogP contribution in [-0.4, -0.2) is 6.61 Å². The largest absolute Gasteiger partial charge is 0.750 e. The smallest absolute Gasteiger partial charge is 0.228 e. The minimum Gasteiger partial charge on any atom is -0.228 e. The van der Waals surface area contributed by atoms with E-state index >= 15 is 0 Å². The second-order valence-electron chi connectivity index (χ2n) is 5.29. The van der Waals surface area contributed by atoms with Crippen molar-refractivity contribution in [2.45, 2.75) is 71.1 Å². The molecule has 1 unspecified atom stereocenters. The van der Waals surface area contributed by atoms with Crippen molar-refractivity contribution >= 4 is 19.6 Å². The van der Waals surface area contributed by atoms with E-state index in [1.807, 2.05) is 10.8 Å². The van der Waals surface area contributed by atoms with Gasteiger partial charge < -0.3 is 0 Å². The van der Waals surface area contributed by atoms with Gasteiger partial charge in [0.25, 0.3) is 0 Å². The van der Waals surface area contributed by atoms with Crippen molar-refractivity contribution in [3.8, 4) is 5.75 Å². The average Bonchev–Trinajstić information content (AvgIpc) is 2.97. The molecule has 1 aromatic rings. The second-order valence-corrected chi connectivity index (χ2v) is 6.96. The third-order valence-electron chi connectivity index (χ3n) is 3.37. The molecule has 0 fully saturated rings. The Kier molecular flexibility index (Phi) is 11.7. The fourth-order valence-corrected chi connectivity index (χ4v) is 3.38. The van der Waals surface area contributed by atoms with Crippen LogP contribution in [-0.2, 0) is 9.09 Å². The van der Waals surface area contributed by atoms with Gasteiger partial charge in [0.2, 0.25) is 5.75 Å². The first-order valence-corrected chi connectivity index (χ1v) is 10.2. The van der Waals surface area contributed by atoms with Gasteiger partial charge >= 0.3 is 8.25 Å². The SMILES string of the molecule is CCCCCCCCCCCCO[P+](=O)Oc1ccsc1. The van der Waals surface area contributed by atoms with Crippen molar-refractivity contribution in [1.82, 2.24) is 0 Å². The number of hydrogen-bond donors (Lipinski definition) is 0. The average molecular weight is 331 g/mol. The molecule has 1 aromatic heterocycles. The Hall–Kier alpha value is -0.440. The van der Waals surface area contributed by atoms with E-state index in [0.717, 1.165) is 12.8 Å². The summed E-state index contributed by atoms with van der Waals surface area (Å²) < 4.78 is 21.8. The van der Waals surface area contributed by atoms with Crippen LogP contribution >= 0.6 is 19.6 Å². The molecule has 120 valence electrons. The summed E-state index contributed by atoms with van der Waals surface area (Å²) >= 11 is 1.52. The summed E-state index contributed by atoms with van der Waals surface area (Å²) in [7, 11) is -2.01. The molecule has 0 aromatic carbocycles. The third kappa shape index (κ3) is 10.9. The molecule has 1 rings (SSSR count). The molecular weight excluding hydrogens is 303 g/mol. The third-order valence-corrected chi connectivity index (χ3v) is 4.78. The Morgan fingerprint density at radius 2 is 1.62 bits per heavy atom. The lowest BCUT2D eigenvalue weighted by Crippen LogP contribution is -1.90.